The van der Waals surface area contributed by atoms with Crippen LogP contribution in [0.1, 0.15) is 27.3 Å². The minimum absolute atomic E-state index is 0.186. The molecule has 1 amide bonds. The molecule has 1 aromatic heterocycles. The van der Waals surface area contributed by atoms with Gasteiger partial charge in [0.1, 0.15) is 10.0 Å². The quantitative estimate of drug-likeness (QED) is 0.544. The van der Waals surface area contributed by atoms with Crippen molar-refractivity contribution in [2.45, 2.75) is 13.8 Å². The number of aryl methyl sites for hydroxylation is 2. The van der Waals surface area contributed by atoms with Gasteiger partial charge in [-0.25, -0.2) is 0 Å². The molecule has 0 fully saturated rings. The minimum Gasteiger partial charge on any atom is -0.480 e. The Bertz CT molecular complexity index is 1040. The largest absolute Gasteiger partial charge is 0.480 e. The second-order valence-electron chi connectivity index (χ2n) is 6.32. The van der Waals surface area contributed by atoms with Crippen molar-refractivity contribution in [3.63, 3.8) is 0 Å². The Morgan fingerprint density at radius 1 is 0.931 bits per heavy atom. The van der Waals surface area contributed by atoms with Gasteiger partial charge in [0.25, 0.3) is 5.91 Å². The normalized spacial score (nSPS) is 10.5. The molecule has 0 unspecified atom stereocenters. The number of pyridine rings is 1. The van der Waals surface area contributed by atoms with Gasteiger partial charge in [0.15, 0.2) is 18.1 Å². The lowest BCUT2D eigenvalue weighted by Crippen LogP contribution is -2.22. The predicted molar refractivity (Wildman–Crippen MR) is 114 cm³/mol. The second kappa shape index (κ2) is 9.07. The third kappa shape index (κ3) is 4.75. The van der Waals surface area contributed by atoms with Crippen molar-refractivity contribution >= 4 is 40.6 Å². The highest BCUT2D eigenvalue weighted by atomic mass is 35.5. The van der Waals surface area contributed by atoms with Gasteiger partial charge in [-0.2, -0.15) is 0 Å². The zero-order valence-corrected chi connectivity index (χ0v) is 17.3. The van der Waals surface area contributed by atoms with E-state index < -0.39 is 5.91 Å². The van der Waals surface area contributed by atoms with Gasteiger partial charge in [-0.3, -0.25) is 14.6 Å². The van der Waals surface area contributed by atoms with E-state index in [2.05, 4.69) is 10.3 Å². The molecule has 29 heavy (non-hydrogen) atoms. The van der Waals surface area contributed by atoms with E-state index in [-0.39, 0.29) is 28.2 Å². The fraction of sp³-hybridized carbons (Fsp3) is 0.136. The van der Waals surface area contributed by atoms with Gasteiger partial charge in [0, 0.05) is 11.1 Å². The van der Waals surface area contributed by atoms with Crippen molar-refractivity contribution in [2.75, 3.05) is 11.9 Å². The second-order valence-corrected chi connectivity index (χ2v) is 7.07. The number of ketones is 1. The number of hydrogen-bond donors (Lipinski definition) is 1. The SMILES string of the molecule is Cc1nc(C)c(Cl)c(OCC(=O)Nc2ccccc2C(=O)c2ccccc2)c1Cl. The van der Waals surface area contributed by atoms with E-state index in [1.165, 1.54) is 0 Å². The van der Waals surface area contributed by atoms with E-state index in [0.29, 0.717) is 28.2 Å². The lowest BCUT2D eigenvalue weighted by atomic mass is 10.0. The van der Waals surface area contributed by atoms with Crippen LogP contribution in [0.25, 0.3) is 0 Å². The maximum atomic E-state index is 12.8. The summed E-state index contributed by atoms with van der Waals surface area (Å²) in [6, 6.07) is 15.7. The van der Waals surface area contributed by atoms with Crippen molar-refractivity contribution in [1.82, 2.24) is 4.98 Å². The van der Waals surface area contributed by atoms with Crippen LogP contribution in [0.2, 0.25) is 10.0 Å². The first-order valence-electron chi connectivity index (χ1n) is 8.82. The van der Waals surface area contributed by atoms with Gasteiger partial charge < -0.3 is 10.1 Å². The highest BCUT2D eigenvalue weighted by molar-refractivity contribution is 6.37. The number of aromatic nitrogens is 1. The third-order valence-electron chi connectivity index (χ3n) is 4.20. The van der Waals surface area contributed by atoms with E-state index in [1.54, 1.807) is 62.4 Å². The van der Waals surface area contributed by atoms with Crippen LogP contribution >= 0.6 is 23.2 Å². The van der Waals surface area contributed by atoms with Gasteiger partial charge in [-0.1, -0.05) is 65.7 Å². The minimum atomic E-state index is -0.447. The molecule has 0 spiro atoms. The molecule has 0 aliphatic carbocycles. The van der Waals surface area contributed by atoms with Crippen LogP contribution in [0.15, 0.2) is 54.6 Å². The number of anilines is 1. The zero-order chi connectivity index (χ0) is 21.0. The first-order chi connectivity index (χ1) is 13.9. The molecule has 0 radical (unpaired) electrons. The average Bonchev–Trinajstić information content (AvgIpc) is 2.73. The van der Waals surface area contributed by atoms with Crippen LogP contribution < -0.4 is 10.1 Å². The standard InChI is InChI=1S/C22H18Cl2N2O3/c1-13-19(23)22(20(24)14(2)25-13)29-12-18(27)26-17-11-7-6-10-16(17)21(28)15-8-4-3-5-9-15/h3-11H,12H2,1-2H3,(H,26,27). The number of hydrogen-bond acceptors (Lipinski definition) is 4. The van der Waals surface area contributed by atoms with Gasteiger partial charge in [0.2, 0.25) is 0 Å². The number of amides is 1. The lowest BCUT2D eigenvalue weighted by Gasteiger charge is -2.14. The molecule has 2 aromatic carbocycles. The van der Waals surface area contributed by atoms with Gasteiger partial charge in [-0.05, 0) is 26.0 Å². The number of rotatable bonds is 6. The average molecular weight is 429 g/mol. The molecule has 0 atom stereocenters. The number of para-hydroxylation sites is 1. The summed E-state index contributed by atoms with van der Waals surface area (Å²) in [6.07, 6.45) is 0. The third-order valence-corrected chi connectivity index (χ3v) is 5.09. The number of carbonyl (C=O) groups excluding carboxylic acids is 2. The van der Waals surface area contributed by atoms with Crippen molar-refractivity contribution in [2.24, 2.45) is 0 Å². The summed E-state index contributed by atoms with van der Waals surface area (Å²) >= 11 is 12.4. The maximum Gasteiger partial charge on any atom is 0.262 e. The predicted octanol–water partition coefficient (Wildman–Crippen LogP) is 5.25. The summed E-state index contributed by atoms with van der Waals surface area (Å²) in [6.45, 7) is 3.13. The molecule has 0 saturated heterocycles. The monoisotopic (exact) mass is 428 g/mol. The molecule has 3 aromatic rings. The zero-order valence-electron chi connectivity index (χ0n) is 15.8. The van der Waals surface area contributed by atoms with E-state index in [0.717, 1.165) is 0 Å². The molecule has 7 heteroatoms. The summed E-state index contributed by atoms with van der Waals surface area (Å²) in [4.78, 5) is 29.4. The first-order valence-corrected chi connectivity index (χ1v) is 9.57. The molecular weight excluding hydrogens is 411 g/mol. The topological polar surface area (TPSA) is 68.3 Å². The van der Waals surface area contributed by atoms with E-state index in [9.17, 15) is 9.59 Å². The van der Waals surface area contributed by atoms with Crippen LogP contribution in [0.4, 0.5) is 5.69 Å². The Labute approximate surface area is 178 Å². The van der Waals surface area contributed by atoms with Crippen LogP contribution in [-0.2, 0) is 4.79 Å². The van der Waals surface area contributed by atoms with E-state index in [4.69, 9.17) is 27.9 Å². The van der Waals surface area contributed by atoms with E-state index in [1.807, 2.05) is 6.07 Å². The van der Waals surface area contributed by atoms with Crippen molar-refractivity contribution < 1.29 is 14.3 Å². The Balaban J connectivity index is 1.75. The lowest BCUT2D eigenvalue weighted by molar-refractivity contribution is -0.118. The van der Waals surface area contributed by atoms with Crippen LogP contribution in [-0.4, -0.2) is 23.3 Å². The van der Waals surface area contributed by atoms with Crippen LogP contribution in [0.3, 0.4) is 0 Å². The summed E-state index contributed by atoms with van der Waals surface area (Å²) in [5.41, 5.74) is 2.44. The highest BCUT2D eigenvalue weighted by Crippen LogP contribution is 2.36. The van der Waals surface area contributed by atoms with Crippen molar-refractivity contribution in [1.29, 1.82) is 0 Å². The van der Waals surface area contributed by atoms with Gasteiger partial charge >= 0.3 is 0 Å². The Kier molecular flexibility index (Phi) is 6.52. The maximum absolute atomic E-state index is 12.8. The van der Waals surface area contributed by atoms with Gasteiger partial charge in [-0.15, -0.1) is 0 Å². The number of benzene rings is 2. The molecule has 5 nitrogen and oxygen atoms in total. The summed E-state index contributed by atoms with van der Waals surface area (Å²) in [5, 5.41) is 3.23. The number of carbonyl (C=O) groups is 2. The highest BCUT2D eigenvalue weighted by Gasteiger charge is 2.18. The van der Waals surface area contributed by atoms with Crippen molar-refractivity contribution in [3.05, 3.63) is 87.2 Å². The van der Waals surface area contributed by atoms with Crippen LogP contribution in [0.5, 0.6) is 5.75 Å². The first kappa shape index (κ1) is 20.8. The number of nitrogens with one attached hydrogen (secondary N) is 1. The molecule has 3 rings (SSSR count). The number of halogens is 2. The van der Waals surface area contributed by atoms with Crippen LogP contribution in [0, 0.1) is 13.8 Å². The molecule has 1 N–H and O–H groups in total. The van der Waals surface area contributed by atoms with E-state index >= 15 is 0 Å². The molecule has 148 valence electrons. The Morgan fingerprint density at radius 3 is 2.17 bits per heavy atom. The Morgan fingerprint density at radius 2 is 1.52 bits per heavy atom. The Hall–Kier alpha value is -2.89. The number of nitrogens with zero attached hydrogens (tertiary/aromatic N) is 1. The molecule has 0 aliphatic rings. The molecule has 0 saturated carbocycles. The van der Waals surface area contributed by atoms with Crippen molar-refractivity contribution in [3.8, 4) is 5.75 Å². The number of ether oxygens (including phenoxy) is 1. The molecule has 1 heterocycles. The fourth-order valence-corrected chi connectivity index (χ4v) is 3.19. The van der Waals surface area contributed by atoms with Gasteiger partial charge in [0.05, 0.1) is 17.1 Å². The molecule has 0 aliphatic heterocycles. The summed E-state index contributed by atoms with van der Waals surface area (Å²) in [7, 11) is 0. The molecule has 0 bridgehead atoms. The smallest absolute Gasteiger partial charge is 0.262 e. The summed E-state index contributed by atoms with van der Waals surface area (Å²) < 4.78 is 5.55. The molecular formula is C22H18Cl2N2O3. The summed E-state index contributed by atoms with van der Waals surface area (Å²) in [5.74, 6) is -0.423. The fourth-order valence-electron chi connectivity index (χ4n) is 2.76.